The molecule has 5 nitrogen and oxygen atoms in total. The number of hydrogen-bond acceptors (Lipinski definition) is 6. The zero-order chi connectivity index (χ0) is 19.4. The summed E-state index contributed by atoms with van der Waals surface area (Å²) in [7, 11) is 3.22. The Labute approximate surface area is 167 Å². The second-order valence-electron chi connectivity index (χ2n) is 6.15. The third-order valence-corrected chi connectivity index (χ3v) is 6.17. The zero-order valence-corrected chi connectivity index (χ0v) is 17.4. The minimum Gasteiger partial charge on any atom is -0.493 e. The number of aryl methyl sites for hydroxylation is 1. The maximum absolute atomic E-state index is 12.5. The van der Waals surface area contributed by atoms with Crippen LogP contribution in [0.1, 0.15) is 29.8 Å². The molecule has 27 heavy (non-hydrogen) atoms. The molecule has 0 aliphatic rings. The third-order valence-electron chi connectivity index (χ3n) is 4.24. The Morgan fingerprint density at radius 2 is 1.96 bits per heavy atom. The summed E-state index contributed by atoms with van der Waals surface area (Å²) in [6, 6.07) is 7.73. The number of nitrogens with one attached hydrogen (secondary N) is 1. The van der Waals surface area contributed by atoms with Crippen LogP contribution >= 0.6 is 22.7 Å². The van der Waals surface area contributed by atoms with Gasteiger partial charge in [-0.1, -0.05) is 6.07 Å². The number of carbonyl (C=O) groups is 1. The van der Waals surface area contributed by atoms with E-state index in [-0.39, 0.29) is 18.4 Å². The molecule has 0 saturated heterocycles. The lowest BCUT2D eigenvalue weighted by atomic mass is 10.0. The lowest BCUT2D eigenvalue weighted by Gasteiger charge is -2.19. The van der Waals surface area contributed by atoms with E-state index in [4.69, 9.17) is 9.47 Å². The molecule has 0 radical (unpaired) electrons. The largest absolute Gasteiger partial charge is 0.493 e. The normalized spacial score (nSPS) is 11.9. The fourth-order valence-corrected chi connectivity index (χ4v) is 4.53. The van der Waals surface area contributed by atoms with Crippen molar-refractivity contribution in [2.75, 3.05) is 14.2 Å². The van der Waals surface area contributed by atoms with Crippen molar-refractivity contribution in [2.24, 2.45) is 0 Å². The topological polar surface area (TPSA) is 60.5 Å². The number of ether oxygens (including phenoxy) is 2. The quantitative estimate of drug-likeness (QED) is 0.627. The minimum absolute atomic E-state index is 0.0558. The first kappa shape index (κ1) is 19.4. The Morgan fingerprint density at radius 1 is 1.22 bits per heavy atom. The standard InChI is InChI=1S/C20H22N2O3S2/c1-12-8-16(24-3)17(25-4)10-15(12)13(2)21-19(23)9-14-11-27-20(22-14)18-6-5-7-26-18/h5-8,10-11,13H,9H2,1-4H3,(H,21,23). The summed E-state index contributed by atoms with van der Waals surface area (Å²) in [6.07, 6.45) is 0.262. The van der Waals surface area contributed by atoms with Gasteiger partial charge in [-0.2, -0.15) is 0 Å². The highest BCUT2D eigenvalue weighted by Crippen LogP contribution is 2.33. The van der Waals surface area contributed by atoms with Crippen LogP contribution in [0.3, 0.4) is 0 Å². The highest BCUT2D eigenvalue weighted by atomic mass is 32.1. The van der Waals surface area contributed by atoms with Crippen LogP contribution < -0.4 is 14.8 Å². The molecule has 3 rings (SSSR count). The van der Waals surface area contributed by atoms with E-state index in [1.807, 2.05) is 48.9 Å². The average molecular weight is 403 g/mol. The summed E-state index contributed by atoms with van der Waals surface area (Å²) < 4.78 is 10.7. The minimum atomic E-state index is -0.146. The molecule has 0 aliphatic heterocycles. The number of thiophene rings is 1. The van der Waals surface area contributed by atoms with Crippen molar-refractivity contribution in [2.45, 2.75) is 26.3 Å². The van der Waals surface area contributed by atoms with Crippen molar-refractivity contribution in [1.82, 2.24) is 10.3 Å². The van der Waals surface area contributed by atoms with E-state index in [2.05, 4.69) is 10.3 Å². The molecular weight excluding hydrogens is 380 g/mol. The number of nitrogens with zero attached hydrogens (tertiary/aromatic N) is 1. The first-order valence-electron chi connectivity index (χ1n) is 8.52. The first-order chi connectivity index (χ1) is 13.0. The van der Waals surface area contributed by atoms with Gasteiger partial charge in [0.05, 0.1) is 37.3 Å². The Hall–Kier alpha value is -2.38. The number of aromatic nitrogens is 1. The van der Waals surface area contributed by atoms with Crippen LogP contribution in [0.15, 0.2) is 35.0 Å². The Balaban J connectivity index is 1.67. The number of amides is 1. The molecular formula is C20H22N2O3S2. The van der Waals surface area contributed by atoms with Crippen molar-refractivity contribution in [3.8, 4) is 21.4 Å². The number of carbonyl (C=O) groups excluding carboxylic acids is 1. The Morgan fingerprint density at radius 3 is 2.63 bits per heavy atom. The van der Waals surface area contributed by atoms with Crippen LogP contribution in [-0.2, 0) is 11.2 Å². The van der Waals surface area contributed by atoms with Gasteiger partial charge in [0, 0.05) is 5.38 Å². The molecule has 0 bridgehead atoms. The van der Waals surface area contributed by atoms with Gasteiger partial charge in [-0.25, -0.2) is 4.98 Å². The Kier molecular flexibility index (Phi) is 6.13. The van der Waals surface area contributed by atoms with Crippen molar-refractivity contribution in [3.05, 3.63) is 51.8 Å². The number of rotatable bonds is 7. The summed E-state index contributed by atoms with van der Waals surface area (Å²) in [5, 5.41) is 7.97. The smallest absolute Gasteiger partial charge is 0.226 e. The first-order valence-corrected chi connectivity index (χ1v) is 10.3. The van der Waals surface area contributed by atoms with Gasteiger partial charge in [-0.3, -0.25) is 4.79 Å². The molecule has 1 amide bonds. The summed E-state index contributed by atoms with van der Waals surface area (Å²) in [6.45, 7) is 3.96. The number of benzene rings is 1. The third kappa shape index (κ3) is 4.48. The van der Waals surface area contributed by atoms with Gasteiger partial charge in [0.25, 0.3) is 0 Å². The van der Waals surface area contributed by atoms with Gasteiger partial charge in [0.1, 0.15) is 5.01 Å². The van der Waals surface area contributed by atoms with Crippen molar-refractivity contribution in [3.63, 3.8) is 0 Å². The molecule has 0 spiro atoms. The van der Waals surface area contributed by atoms with Crippen molar-refractivity contribution in [1.29, 1.82) is 0 Å². The van der Waals surface area contributed by atoms with Crippen LogP contribution in [0.5, 0.6) is 11.5 Å². The van der Waals surface area contributed by atoms with E-state index in [9.17, 15) is 4.79 Å². The fourth-order valence-electron chi connectivity index (χ4n) is 2.90. The van der Waals surface area contributed by atoms with E-state index in [0.717, 1.165) is 26.7 Å². The van der Waals surface area contributed by atoms with Gasteiger partial charge < -0.3 is 14.8 Å². The SMILES string of the molecule is COc1cc(C)c(C(C)NC(=O)Cc2csc(-c3cccs3)n2)cc1OC. The molecule has 0 fully saturated rings. The summed E-state index contributed by atoms with van der Waals surface area (Å²) in [4.78, 5) is 18.2. The maximum Gasteiger partial charge on any atom is 0.226 e. The van der Waals surface area contributed by atoms with Crippen LogP contribution in [-0.4, -0.2) is 25.1 Å². The van der Waals surface area contributed by atoms with Crippen LogP contribution in [0, 0.1) is 6.92 Å². The monoisotopic (exact) mass is 402 g/mol. The van der Waals surface area contributed by atoms with Gasteiger partial charge >= 0.3 is 0 Å². The van der Waals surface area contributed by atoms with Gasteiger partial charge in [-0.15, -0.1) is 22.7 Å². The maximum atomic E-state index is 12.5. The van der Waals surface area contributed by atoms with Gasteiger partial charge in [0.15, 0.2) is 11.5 Å². The van der Waals surface area contributed by atoms with E-state index in [1.54, 1.807) is 36.9 Å². The molecule has 7 heteroatoms. The average Bonchev–Trinajstić information content (AvgIpc) is 3.32. The van der Waals surface area contributed by atoms with Gasteiger partial charge in [-0.05, 0) is 48.6 Å². The fraction of sp³-hybridized carbons (Fsp3) is 0.300. The second-order valence-corrected chi connectivity index (χ2v) is 7.96. The predicted octanol–water partition coefficient (Wildman–Crippen LogP) is 4.62. The van der Waals surface area contributed by atoms with Crippen LogP contribution in [0.25, 0.3) is 9.88 Å². The molecule has 2 heterocycles. The molecule has 0 aliphatic carbocycles. The molecule has 3 aromatic rings. The second kappa shape index (κ2) is 8.54. The van der Waals surface area contributed by atoms with Crippen LogP contribution in [0.2, 0.25) is 0 Å². The molecule has 1 aromatic carbocycles. The number of hydrogen-bond donors (Lipinski definition) is 1. The number of methoxy groups -OCH3 is 2. The predicted molar refractivity (Wildman–Crippen MR) is 110 cm³/mol. The zero-order valence-electron chi connectivity index (χ0n) is 15.7. The molecule has 0 saturated carbocycles. The molecule has 1 atom stereocenters. The van der Waals surface area contributed by atoms with E-state index >= 15 is 0 Å². The van der Waals surface area contributed by atoms with Crippen molar-refractivity contribution >= 4 is 28.6 Å². The van der Waals surface area contributed by atoms with Gasteiger partial charge in [0.2, 0.25) is 5.91 Å². The molecule has 1 unspecified atom stereocenters. The van der Waals surface area contributed by atoms with E-state index in [0.29, 0.717) is 11.5 Å². The lowest BCUT2D eigenvalue weighted by Crippen LogP contribution is -2.28. The highest BCUT2D eigenvalue weighted by molar-refractivity contribution is 7.20. The van der Waals surface area contributed by atoms with Crippen LogP contribution in [0.4, 0.5) is 0 Å². The highest BCUT2D eigenvalue weighted by Gasteiger charge is 2.17. The summed E-state index contributed by atoms with van der Waals surface area (Å²) in [5.41, 5.74) is 2.82. The van der Waals surface area contributed by atoms with Crippen molar-refractivity contribution < 1.29 is 14.3 Å². The molecule has 2 aromatic heterocycles. The van der Waals surface area contributed by atoms with E-state index in [1.165, 1.54) is 0 Å². The number of thiazole rings is 1. The summed E-state index contributed by atoms with van der Waals surface area (Å²) in [5.74, 6) is 1.28. The summed E-state index contributed by atoms with van der Waals surface area (Å²) >= 11 is 3.21. The van der Waals surface area contributed by atoms with E-state index < -0.39 is 0 Å². The Bertz CT molecular complexity index is 919. The lowest BCUT2D eigenvalue weighted by molar-refractivity contribution is -0.121. The molecule has 142 valence electrons. The molecule has 1 N–H and O–H groups in total.